The minimum absolute atomic E-state index is 0.0807. The van der Waals surface area contributed by atoms with E-state index in [0.717, 1.165) is 62.6 Å². The van der Waals surface area contributed by atoms with Crippen molar-refractivity contribution in [3.8, 4) is 23.0 Å². The van der Waals surface area contributed by atoms with Gasteiger partial charge in [-0.2, -0.15) is 20.4 Å². The van der Waals surface area contributed by atoms with E-state index in [-0.39, 0.29) is 23.6 Å². The molecule has 99 heavy (non-hydrogen) atoms. The number of rotatable bonds is 16. The van der Waals surface area contributed by atoms with Crippen LogP contribution in [0.5, 0.6) is 23.0 Å². The Morgan fingerprint density at radius 1 is 0.313 bits per heavy atom. The maximum absolute atomic E-state index is 12.8. The molecule has 12 heterocycles. The molecule has 24 heteroatoms. The minimum Gasteiger partial charge on any atom is -0.487 e. The van der Waals surface area contributed by atoms with Crippen molar-refractivity contribution >= 4 is 46.9 Å². The molecule has 0 unspecified atom stereocenters. The first kappa shape index (κ1) is 65.1. The molecule has 0 fully saturated rings. The summed E-state index contributed by atoms with van der Waals surface area (Å²) in [6.45, 7) is 12.0. The molecule has 0 aliphatic carbocycles. The second kappa shape index (κ2) is 30.4. The van der Waals surface area contributed by atoms with Crippen LogP contribution in [-0.2, 0) is 52.6 Å². The standard InChI is InChI=1S/3C19H18N4O2.C18H16N4O2/c1-14-6-5-9-18(20-14)22-10-11-23-17(19(22)24)12-15(21-23)13-25-16-7-3-2-4-8-16;2*1-14-7-8-18(20-12-14)22-9-10-23-17(19(22)24)11-15(21-23)13-25-16-5-3-2-4-6-16;23-18-16-12-14(13-24-15-6-2-1-3-7-15)20-22(16)11-10-21(18)17-8-4-5-9-19-17/h2-9,12H,10-11,13H2,1H3;2*2-8,11-12H,9-10,13H2,1H3;1-9,12H,10-11,13H2. The van der Waals surface area contributed by atoms with Gasteiger partial charge >= 0.3 is 0 Å². The van der Waals surface area contributed by atoms with Gasteiger partial charge in [-0.3, -0.25) is 57.5 Å². The van der Waals surface area contributed by atoms with Crippen LogP contribution in [0.3, 0.4) is 0 Å². The zero-order valence-electron chi connectivity index (χ0n) is 54.8. The third kappa shape index (κ3) is 15.9. The molecule has 16 rings (SSSR count). The first-order valence-corrected chi connectivity index (χ1v) is 32.4. The van der Waals surface area contributed by atoms with Crippen molar-refractivity contribution in [2.24, 2.45) is 0 Å². The summed E-state index contributed by atoms with van der Waals surface area (Å²) < 4.78 is 29.8. The molecule has 0 spiro atoms. The third-order valence-electron chi connectivity index (χ3n) is 16.3. The first-order chi connectivity index (χ1) is 48.4. The van der Waals surface area contributed by atoms with E-state index in [2.05, 4.69) is 40.3 Å². The predicted molar refractivity (Wildman–Crippen MR) is 370 cm³/mol. The van der Waals surface area contributed by atoms with Crippen LogP contribution < -0.4 is 38.5 Å². The number of carbonyl (C=O) groups is 4. The highest BCUT2D eigenvalue weighted by Crippen LogP contribution is 2.26. The van der Waals surface area contributed by atoms with E-state index in [0.29, 0.717) is 125 Å². The molecule has 12 aromatic rings. The van der Waals surface area contributed by atoms with Gasteiger partial charge in [-0.05, 0) is 141 Å². The molecule has 0 N–H and O–H groups in total. The summed E-state index contributed by atoms with van der Waals surface area (Å²) in [5.74, 6) is 5.49. The SMILES string of the molecule is Cc1ccc(N2CCn3nc(COc4ccccc4)cc3C2=O)nc1.Cc1ccc(N2CCn3nc(COc4ccccc4)cc3C2=O)nc1.Cc1cccc(N2CCn3nc(COc4ccccc4)cc3C2=O)n1.O=C1c2cc(COc3ccccc3)nn2CCN1c1ccccn1. The molecule has 0 radical (unpaired) electrons. The number of ether oxygens (including phenoxy) is 4. The van der Waals surface area contributed by atoms with Crippen LogP contribution in [-0.4, -0.2) is 109 Å². The van der Waals surface area contributed by atoms with Crippen LogP contribution in [0.15, 0.2) is 225 Å². The number of fused-ring (bicyclic) bond motifs is 4. The van der Waals surface area contributed by atoms with Crippen LogP contribution in [0.1, 0.15) is 81.6 Å². The summed E-state index contributed by atoms with van der Waals surface area (Å²) in [5.41, 5.74) is 8.27. The average Bonchev–Trinajstić information content (AvgIpc) is 1.72. The summed E-state index contributed by atoms with van der Waals surface area (Å²) in [6, 6.07) is 64.4. The number of hydrogen-bond donors (Lipinski definition) is 0. The zero-order chi connectivity index (χ0) is 68.0. The second-order valence-corrected chi connectivity index (χ2v) is 23.4. The number of aromatic nitrogens is 12. The van der Waals surface area contributed by atoms with Crippen molar-refractivity contribution in [1.82, 2.24) is 59.1 Å². The van der Waals surface area contributed by atoms with Crippen LogP contribution in [0.4, 0.5) is 23.3 Å². The fraction of sp³-hybridized carbons (Fsp3) is 0.200. The Balaban J connectivity index is 0.000000119. The van der Waals surface area contributed by atoms with Gasteiger partial charge in [0.15, 0.2) is 0 Å². The molecule has 498 valence electrons. The fourth-order valence-electron chi connectivity index (χ4n) is 11.3. The van der Waals surface area contributed by atoms with E-state index < -0.39 is 0 Å². The molecule has 4 aliphatic rings. The lowest BCUT2D eigenvalue weighted by molar-refractivity contribution is 0.0953. The van der Waals surface area contributed by atoms with Gasteiger partial charge in [-0.15, -0.1) is 0 Å². The summed E-state index contributed by atoms with van der Waals surface area (Å²) >= 11 is 0. The van der Waals surface area contributed by atoms with Gasteiger partial charge in [0.1, 0.15) is 118 Å². The lowest BCUT2D eigenvalue weighted by atomic mass is 10.2. The predicted octanol–water partition coefficient (Wildman–Crippen LogP) is 11.0. The highest BCUT2D eigenvalue weighted by molar-refractivity contribution is 6.07. The zero-order valence-corrected chi connectivity index (χ0v) is 54.8. The molecule has 24 nitrogen and oxygen atoms in total. The number of anilines is 4. The monoisotopic (exact) mass is 1320 g/mol. The van der Waals surface area contributed by atoms with Gasteiger partial charge < -0.3 is 18.9 Å². The Morgan fingerprint density at radius 2 is 0.616 bits per heavy atom. The molecule has 0 bridgehead atoms. The van der Waals surface area contributed by atoms with Crippen molar-refractivity contribution < 1.29 is 38.1 Å². The van der Waals surface area contributed by atoms with Crippen LogP contribution in [0.25, 0.3) is 0 Å². The molecule has 8 aromatic heterocycles. The molecular weight excluding hydrogens is 1250 g/mol. The van der Waals surface area contributed by atoms with Crippen molar-refractivity contribution in [2.75, 3.05) is 45.8 Å². The number of nitrogens with zero attached hydrogens (tertiary/aromatic N) is 16. The van der Waals surface area contributed by atoms with E-state index in [4.69, 9.17) is 18.9 Å². The normalized spacial score (nSPS) is 13.6. The number of para-hydroxylation sites is 4. The van der Waals surface area contributed by atoms with Crippen molar-refractivity contribution in [3.05, 3.63) is 287 Å². The maximum atomic E-state index is 12.8. The number of benzene rings is 4. The van der Waals surface area contributed by atoms with Gasteiger partial charge in [0.2, 0.25) is 0 Å². The molecule has 4 aromatic carbocycles. The number of aryl methyl sites for hydroxylation is 3. The Hall–Kier alpha value is -12.6. The molecule has 0 atom stereocenters. The lowest BCUT2D eigenvalue weighted by Gasteiger charge is -2.26. The summed E-state index contributed by atoms with van der Waals surface area (Å²) in [6.07, 6.45) is 5.23. The Labute approximate surface area is 570 Å². The van der Waals surface area contributed by atoms with E-state index >= 15 is 0 Å². The fourth-order valence-corrected chi connectivity index (χ4v) is 11.3. The number of amides is 4. The number of pyridine rings is 4. The average molecular weight is 1320 g/mol. The van der Waals surface area contributed by atoms with Gasteiger partial charge in [0.05, 0.1) is 26.2 Å². The van der Waals surface area contributed by atoms with Crippen molar-refractivity contribution in [1.29, 1.82) is 0 Å². The number of hydrogen-bond acceptors (Lipinski definition) is 16. The smallest absolute Gasteiger partial charge is 0.277 e. The minimum atomic E-state index is -0.0848. The van der Waals surface area contributed by atoms with Crippen LogP contribution in [0, 0.1) is 20.8 Å². The van der Waals surface area contributed by atoms with Gasteiger partial charge in [-0.25, -0.2) is 19.9 Å². The Morgan fingerprint density at radius 3 is 0.909 bits per heavy atom. The number of carbonyl (C=O) groups excluding carboxylic acids is 4. The molecule has 4 amide bonds. The van der Waals surface area contributed by atoms with Crippen molar-refractivity contribution in [2.45, 2.75) is 73.4 Å². The molecule has 0 saturated carbocycles. The Kier molecular flexibility index (Phi) is 20.0. The van der Waals surface area contributed by atoms with E-state index in [9.17, 15) is 19.2 Å². The van der Waals surface area contributed by atoms with Gasteiger partial charge in [-0.1, -0.05) is 97.1 Å². The first-order valence-electron chi connectivity index (χ1n) is 32.4. The molecule has 0 saturated heterocycles. The van der Waals surface area contributed by atoms with Crippen molar-refractivity contribution in [3.63, 3.8) is 0 Å². The Bertz CT molecular complexity index is 4570. The van der Waals surface area contributed by atoms with E-state index in [1.54, 1.807) is 81.2 Å². The van der Waals surface area contributed by atoms with Gasteiger partial charge in [0, 0.05) is 50.5 Å². The molecule has 4 aliphatic heterocycles. The van der Waals surface area contributed by atoms with Crippen LogP contribution >= 0.6 is 0 Å². The quantitative estimate of drug-likeness (QED) is 0.0873. The van der Waals surface area contributed by atoms with Gasteiger partial charge in [0.25, 0.3) is 23.6 Å². The van der Waals surface area contributed by atoms with E-state index in [1.165, 1.54) is 0 Å². The maximum Gasteiger partial charge on any atom is 0.277 e. The largest absolute Gasteiger partial charge is 0.487 e. The highest BCUT2D eigenvalue weighted by Gasteiger charge is 2.32. The highest BCUT2D eigenvalue weighted by atomic mass is 16.5. The third-order valence-corrected chi connectivity index (χ3v) is 16.3. The lowest BCUT2D eigenvalue weighted by Crippen LogP contribution is -2.41. The topological polar surface area (TPSA) is 241 Å². The second-order valence-electron chi connectivity index (χ2n) is 23.4. The summed E-state index contributed by atoms with van der Waals surface area (Å²) in [4.78, 5) is 75.2. The van der Waals surface area contributed by atoms with E-state index in [1.807, 2.05) is 203 Å². The summed E-state index contributed by atoms with van der Waals surface area (Å²) in [7, 11) is 0. The van der Waals surface area contributed by atoms with Crippen LogP contribution in [0.2, 0.25) is 0 Å². The molecular formula is C75H70N16O8. The summed E-state index contributed by atoms with van der Waals surface area (Å²) in [5, 5.41) is 17.9.